The topological polar surface area (TPSA) is 39.2 Å². The Morgan fingerprint density at radius 2 is 1.83 bits per heavy atom. The molecule has 1 heterocycles. The molecule has 0 spiro atoms. The standard InChI is InChI=1S/C16H15NO/c1-11-5-4-7-13(9-11)16(17)15-10-12-6-2-3-8-14(12)18-15/h2-10,16H,17H2,1H3. The number of furan rings is 1. The lowest BCUT2D eigenvalue weighted by Gasteiger charge is -2.09. The minimum absolute atomic E-state index is 0.211. The van der Waals surface area contributed by atoms with Crippen molar-refractivity contribution in [2.45, 2.75) is 13.0 Å². The Balaban J connectivity index is 2.03. The average Bonchev–Trinajstić information content (AvgIpc) is 2.81. The van der Waals surface area contributed by atoms with Crippen molar-refractivity contribution in [3.8, 4) is 0 Å². The van der Waals surface area contributed by atoms with E-state index in [1.54, 1.807) is 0 Å². The first-order chi connectivity index (χ1) is 8.74. The number of hydrogen-bond donors (Lipinski definition) is 1. The van der Waals surface area contributed by atoms with E-state index in [1.807, 2.05) is 42.5 Å². The molecule has 0 amide bonds. The highest BCUT2D eigenvalue weighted by atomic mass is 16.3. The lowest BCUT2D eigenvalue weighted by atomic mass is 10.0. The maximum absolute atomic E-state index is 6.26. The second kappa shape index (κ2) is 4.31. The first-order valence-corrected chi connectivity index (χ1v) is 6.04. The molecule has 3 rings (SSSR count). The molecule has 0 aliphatic carbocycles. The Morgan fingerprint density at radius 1 is 1.00 bits per heavy atom. The third-order valence-electron chi connectivity index (χ3n) is 3.15. The van der Waals surface area contributed by atoms with Gasteiger partial charge in [-0.2, -0.15) is 0 Å². The smallest absolute Gasteiger partial charge is 0.134 e. The van der Waals surface area contributed by atoms with Gasteiger partial charge in [-0.05, 0) is 24.6 Å². The lowest BCUT2D eigenvalue weighted by molar-refractivity contribution is 0.525. The SMILES string of the molecule is Cc1cccc(C(N)c2cc3ccccc3o2)c1. The Kier molecular flexibility index (Phi) is 2.65. The Bertz CT molecular complexity index is 651. The molecule has 0 bridgehead atoms. The van der Waals surface area contributed by atoms with E-state index < -0.39 is 0 Å². The maximum Gasteiger partial charge on any atom is 0.134 e. The van der Waals surface area contributed by atoms with E-state index in [0.29, 0.717) is 0 Å². The molecule has 18 heavy (non-hydrogen) atoms. The van der Waals surface area contributed by atoms with Crippen molar-refractivity contribution in [1.82, 2.24) is 0 Å². The van der Waals surface area contributed by atoms with Crippen LogP contribution in [0.2, 0.25) is 0 Å². The van der Waals surface area contributed by atoms with Gasteiger partial charge in [-0.3, -0.25) is 0 Å². The predicted octanol–water partition coefficient (Wildman–Crippen LogP) is 3.79. The maximum atomic E-state index is 6.26. The van der Waals surface area contributed by atoms with Gasteiger partial charge >= 0.3 is 0 Å². The summed E-state index contributed by atoms with van der Waals surface area (Å²) in [7, 11) is 0. The quantitative estimate of drug-likeness (QED) is 0.736. The van der Waals surface area contributed by atoms with E-state index in [9.17, 15) is 0 Å². The fourth-order valence-electron chi connectivity index (χ4n) is 2.18. The highest BCUT2D eigenvalue weighted by molar-refractivity contribution is 5.77. The van der Waals surface area contributed by atoms with Crippen LogP contribution in [-0.2, 0) is 0 Å². The van der Waals surface area contributed by atoms with Crippen molar-refractivity contribution in [1.29, 1.82) is 0 Å². The summed E-state index contributed by atoms with van der Waals surface area (Å²) in [5, 5.41) is 1.09. The summed E-state index contributed by atoms with van der Waals surface area (Å²) in [6, 6.07) is 18.0. The largest absolute Gasteiger partial charge is 0.459 e. The van der Waals surface area contributed by atoms with Crippen LogP contribution in [-0.4, -0.2) is 0 Å². The van der Waals surface area contributed by atoms with Crippen LogP contribution in [0.15, 0.2) is 59.0 Å². The van der Waals surface area contributed by atoms with Crippen LogP contribution >= 0.6 is 0 Å². The van der Waals surface area contributed by atoms with Crippen LogP contribution in [0.4, 0.5) is 0 Å². The van der Waals surface area contributed by atoms with Crippen molar-refractivity contribution in [3.05, 3.63) is 71.5 Å². The van der Waals surface area contributed by atoms with Crippen LogP contribution in [0.3, 0.4) is 0 Å². The number of hydrogen-bond acceptors (Lipinski definition) is 2. The fourth-order valence-corrected chi connectivity index (χ4v) is 2.18. The molecule has 0 radical (unpaired) electrons. The average molecular weight is 237 g/mol. The van der Waals surface area contributed by atoms with Gasteiger partial charge in [0.15, 0.2) is 0 Å². The molecule has 3 aromatic rings. The zero-order chi connectivity index (χ0) is 12.5. The van der Waals surface area contributed by atoms with Crippen molar-refractivity contribution in [2.24, 2.45) is 5.73 Å². The third kappa shape index (κ3) is 1.91. The molecule has 1 aromatic heterocycles. The minimum Gasteiger partial charge on any atom is -0.459 e. The molecule has 2 nitrogen and oxygen atoms in total. The molecule has 0 saturated carbocycles. The summed E-state index contributed by atoms with van der Waals surface area (Å²) in [5.74, 6) is 0.807. The van der Waals surface area contributed by atoms with Gasteiger partial charge in [-0.15, -0.1) is 0 Å². The zero-order valence-corrected chi connectivity index (χ0v) is 10.3. The third-order valence-corrected chi connectivity index (χ3v) is 3.15. The molecule has 2 N–H and O–H groups in total. The number of para-hydroxylation sites is 1. The normalized spacial score (nSPS) is 12.8. The van der Waals surface area contributed by atoms with Crippen LogP contribution in [0.5, 0.6) is 0 Å². The Hall–Kier alpha value is -2.06. The number of fused-ring (bicyclic) bond motifs is 1. The van der Waals surface area contributed by atoms with E-state index in [1.165, 1.54) is 5.56 Å². The summed E-state index contributed by atoms with van der Waals surface area (Å²) < 4.78 is 5.80. The molecule has 2 heteroatoms. The highest BCUT2D eigenvalue weighted by Crippen LogP contribution is 2.26. The summed E-state index contributed by atoms with van der Waals surface area (Å²) in [6.45, 7) is 2.06. The van der Waals surface area contributed by atoms with Gasteiger partial charge in [-0.1, -0.05) is 48.0 Å². The molecule has 0 fully saturated rings. The molecule has 90 valence electrons. The first-order valence-electron chi connectivity index (χ1n) is 6.04. The van der Waals surface area contributed by atoms with Crippen LogP contribution in [0.1, 0.15) is 22.9 Å². The van der Waals surface area contributed by atoms with Gasteiger partial charge in [-0.25, -0.2) is 0 Å². The number of benzene rings is 2. The first kappa shape index (κ1) is 11.1. The second-order valence-electron chi connectivity index (χ2n) is 4.58. The lowest BCUT2D eigenvalue weighted by Crippen LogP contribution is -2.10. The summed E-state index contributed by atoms with van der Waals surface area (Å²) >= 11 is 0. The van der Waals surface area contributed by atoms with Crippen molar-refractivity contribution in [3.63, 3.8) is 0 Å². The van der Waals surface area contributed by atoms with Crippen LogP contribution < -0.4 is 5.73 Å². The zero-order valence-electron chi connectivity index (χ0n) is 10.3. The molecular weight excluding hydrogens is 222 g/mol. The molecule has 0 saturated heterocycles. The van der Waals surface area contributed by atoms with Crippen molar-refractivity contribution < 1.29 is 4.42 Å². The summed E-state index contributed by atoms with van der Waals surface area (Å²) in [5.41, 5.74) is 9.43. The molecule has 0 aliphatic rings. The molecule has 2 aromatic carbocycles. The van der Waals surface area contributed by atoms with Gasteiger partial charge in [0.05, 0.1) is 6.04 Å². The van der Waals surface area contributed by atoms with Gasteiger partial charge in [0.2, 0.25) is 0 Å². The molecule has 1 unspecified atom stereocenters. The van der Waals surface area contributed by atoms with E-state index >= 15 is 0 Å². The fraction of sp³-hybridized carbons (Fsp3) is 0.125. The van der Waals surface area contributed by atoms with Crippen molar-refractivity contribution in [2.75, 3.05) is 0 Å². The molecule has 1 atom stereocenters. The van der Waals surface area contributed by atoms with Crippen LogP contribution in [0, 0.1) is 6.92 Å². The van der Waals surface area contributed by atoms with E-state index in [2.05, 4.69) is 19.1 Å². The van der Waals surface area contributed by atoms with Crippen molar-refractivity contribution >= 4 is 11.0 Å². The predicted molar refractivity (Wildman–Crippen MR) is 73.4 cm³/mol. The summed E-state index contributed by atoms with van der Waals surface area (Å²) in [6.07, 6.45) is 0. The van der Waals surface area contributed by atoms with E-state index in [-0.39, 0.29) is 6.04 Å². The van der Waals surface area contributed by atoms with Gasteiger partial charge in [0.25, 0.3) is 0 Å². The molecular formula is C16H15NO. The number of nitrogens with two attached hydrogens (primary N) is 1. The van der Waals surface area contributed by atoms with Gasteiger partial charge < -0.3 is 10.2 Å². The van der Waals surface area contributed by atoms with Crippen LogP contribution in [0.25, 0.3) is 11.0 Å². The second-order valence-corrected chi connectivity index (χ2v) is 4.58. The number of rotatable bonds is 2. The van der Waals surface area contributed by atoms with E-state index in [0.717, 1.165) is 22.3 Å². The highest BCUT2D eigenvalue weighted by Gasteiger charge is 2.13. The molecule has 0 aliphatic heterocycles. The Labute approximate surface area is 106 Å². The van der Waals surface area contributed by atoms with E-state index in [4.69, 9.17) is 10.2 Å². The Morgan fingerprint density at radius 3 is 2.61 bits per heavy atom. The van der Waals surface area contributed by atoms with Gasteiger partial charge in [0.1, 0.15) is 11.3 Å². The van der Waals surface area contributed by atoms with Gasteiger partial charge in [0, 0.05) is 5.39 Å². The minimum atomic E-state index is -0.211. The summed E-state index contributed by atoms with van der Waals surface area (Å²) in [4.78, 5) is 0. The number of aryl methyl sites for hydroxylation is 1. The monoisotopic (exact) mass is 237 g/mol.